The van der Waals surface area contributed by atoms with Gasteiger partial charge >= 0.3 is 0 Å². The smallest absolute Gasteiger partial charge is 0.250 e. The van der Waals surface area contributed by atoms with E-state index >= 15 is 0 Å². The first-order chi connectivity index (χ1) is 11.8. The molecule has 1 heterocycles. The molecule has 0 atom stereocenters. The van der Waals surface area contributed by atoms with Crippen molar-refractivity contribution >= 4 is 10.0 Å². The highest BCUT2D eigenvalue weighted by Gasteiger charge is 2.22. The van der Waals surface area contributed by atoms with Crippen LogP contribution in [0, 0.1) is 17.1 Å². The molecule has 0 aliphatic heterocycles. The topological polar surface area (TPSA) is 83.2 Å². The molecular weight excluding hydrogens is 345 g/mol. The van der Waals surface area contributed by atoms with Crippen LogP contribution in [0.3, 0.4) is 0 Å². The standard InChI is InChI=1S/C17H18FN3O3S/c1-3-21(4-2)25(23,24)15-7-8-17(22)20(12-15)11-14-6-5-13(10-19)9-16(14)18/h5-9,12H,3-4,11H2,1-2H3. The summed E-state index contributed by atoms with van der Waals surface area (Å²) in [6.45, 7) is 3.94. The Balaban J connectivity index is 2.44. The summed E-state index contributed by atoms with van der Waals surface area (Å²) in [5, 5.41) is 8.77. The van der Waals surface area contributed by atoms with Crippen molar-refractivity contribution in [1.82, 2.24) is 8.87 Å². The first kappa shape index (κ1) is 18.8. The highest BCUT2D eigenvalue weighted by molar-refractivity contribution is 7.89. The van der Waals surface area contributed by atoms with E-state index in [0.29, 0.717) is 13.1 Å². The van der Waals surface area contributed by atoms with E-state index in [4.69, 9.17) is 5.26 Å². The van der Waals surface area contributed by atoms with Crippen LogP contribution in [0.25, 0.3) is 0 Å². The van der Waals surface area contributed by atoms with Gasteiger partial charge in [0.1, 0.15) is 5.82 Å². The van der Waals surface area contributed by atoms with Crippen molar-refractivity contribution in [2.75, 3.05) is 13.1 Å². The van der Waals surface area contributed by atoms with Crippen LogP contribution in [0.2, 0.25) is 0 Å². The molecule has 2 aromatic rings. The van der Waals surface area contributed by atoms with Crippen molar-refractivity contribution in [3.63, 3.8) is 0 Å². The van der Waals surface area contributed by atoms with Crippen LogP contribution in [0.4, 0.5) is 4.39 Å². The quantitative estimate of drug-likeness (QED) is 0.785. The van der Waals surface area contributed by atoms with Crippen molar-refractivity contribution in [2.24, 2.45) is 0 Å². The van der Waals surface area contributed by atoms with Gasteiger partial charge < -0.3 is 4.57 Å². The summed E-state index contributed by atoms with van der Waals surface area (Å²) in [6.07, 6.45) is 1.22. The molecule has 2 rings (SSSR count). The third kappa shape index (κ3) is 3.95. The maximum absolute atomic E-state index is 14.0. The second-order valence-corrected chi connectivity index (χ2v) is 7.28. The van der Waals surface area contributed by atoms with Gasteiger partial charge in [-0.1, -0.05) is 19.9 Å². The van der Waals surface area contributed by atoms with Crippen LogP contribution in [-0.2, 0) is 16.6 Å². The van der Waals surface area contributed by atoms with Gasteiger partial charge in [-0.15, -0.1) is 0 Å². The van der Waals surface area contributed by atoms with Crippen molar-refractivity contribution in [1.29, 1.82) is 5.26 Å². The molecule has 6 nitrogen and oxygen atoms in total. The third-order valence-electron chi connectivity index (χ3n) is 3.82. The fourth-order valence-corrected chi connectivity index (χ4v) is 3.91. The number of halogens is 1. The van der Waals surface area contributed by atoms with E-state index in [1.165, 1.54) is 28.7 Å². The molecule has 1 aromatic heterocycles. The maximum atomic E-state index is 14.0. The number of sulfonamides is 1. The number of nitrogens with zero attached hydrogens (tertiary/aromatic N) is 3. The molecule has 132 valence electrons. The van der Waals surface area contributed by atoms with Gasteiger partial charge in [-0.3, -0.25) is 4.79 Å². The maximum Gasteiger partial charge on any atom is 0.250 e. The lowest BCUT2D eigenvalue weighted by Gasteiger charge is -2.19. The average molecular weight is 363 g/mol. The molecule has 8 heteroatoms. The summed E-state index contributed by atoms with van der Waals surface area (Å²) in [5.74, 6) is -0.622. The Bertz CT molecular complexity index is 973. The van der Waals surface area contributed by atoms with Crippen LogP contribution in [0.1, 0.15) is 25.0 Å². The van der Waals surface area contributed by atoms with E-state index in [9.17, 15) is 17.6 Å². The van der Waals surface area contributed by atoms with Crippen molar-refractivity contribution in [2.45, 2.75) is 25.3 Å². The summed E-state index contributed by atoms with van der Waals surface area (Å²) in [4.78, 5) is 12.0. The average Bonchev–Trinajstić information content (AvgIpc) is 2.59. The number of hydrogen-bond donors (Lipinski definition) is 0. The van der Waals surface area contributed by atoms with Gasteiger partial charge in [0.25, 0.3) is 5.56 Å². The fourth-order valence-electron chi connectivity index (χ4n) is 2.43. The van der Waals surface area contributed by atoms with Gasteiger partial charge in [0, 0.05) is 30.9 Å². The van der Waals surface area contributed by atoms with Crippen LogP contribution in [0.15, 0.2) is 46.2 Å². The molecule has 25 heavy (non-hydrogen) atoms. The molecule has 0 unspecified atom stereocenters. The monoisotopic (exact) mass is 363 g/mol. The van der Waals surface area contributed by atoms with Gasteiger partial charge in [0.05, 0.1) is 23.1 Å². The van der Waals surface area contributed by atoms with Crippen molar-refractivity contribution in [3.8, 4) is 6.07 Å². The Kier molecular flexibility index (Phi) is 5.72. The first-order valence-electron chi connectivity index (χ1n) is 7.72. The van der Waals surface area contributed by atoms with Gasteiger partial charge in [-0.25, -0.2) is 12.8 Å². The fraction of sp³-hybridized carbons (Fsp3) is 0.294. The van der Waals surface area contributed by atoms with E-state index in [1.807, 2.05) is 6.07 Å². The van der Waals surface area contributed by atoms with E-state index in [-0.39, 0.29) is 22.6 Å². The number of pyridine rings is 1. The summed E-state index contributed by atoms with van der Waals surface area (Å²) < 4.78 is 41.6. The first-order valence-corrected chi connectivity index (χ1v) is 9.16. The number of rotatable bonds is 6. The molecule has 0 aliphatic rings. The second-order valence-electron chi connectivity index (χ2n) is 5.34. The molecule has 0 radical (unpaired) electrons. The van der Waals surface area contributed by atoms with E-state index in [0.717, 1.165) is 16.7 Å². The van der Waals surface area contributed by atoms with E-state index in [1.54, 1.807) is 13.8 Å². The lowest BCUT2D eigenvalue weighted by Crippen LogP contribution is -2.32. The molecule has 0 saturated heterocycles. The third-order valence-corrected chi connectivity index (χ3v) is 5.86. The Labute approximate surface area is 145 Å². The SMILES string of the molecule is CCN(CC)S(=O)(=O)c1ccc(=O)n(Cc2ccc(C#N)cc2F)c1. The minimum Gasteiger partial charge on any atom is -0.310 e. The normalized spacial score (nSPS) is 11.5. The molecule has 1 aromatic carbocycles. The number of aromatic nitrogens is 1. The minimum absolute atomic E-state index is 0.0233. The Hall–Kier alpha value is -2.50. The predicted octanol–water partition coefficient (Wildman–Crippen LogP) is 1.94. The zero-order chi connectivity index (χ0) is 18.6. The zero-order valence-corrected chi connectivity index (χ0v) is 14.8. The van der Waals surface area contributed by atoms with Gasteiger partial charge in [-0.05, 0) is 18.2 Å². The molecule has 0 spiro atoms. The zero-order valence-electron chi connectivity index (χ0n) is 13.9. The minimum atomic E-state index is -3.72. The largest absolute Gasteiger partial charge is 0.310 e. The van der Waals surface area contributed by atoms with Crippen molar-refractivity contribution in [3.05, 3.63) is 63.8 Å². The van der Waals surface area contributed by atoms with E-state index in [2.05, 4.69) is 0 Å². The summed E-state index contributed by atoms with van der Waals surface area (Å²) in [7, 11) is -3.72. The van der Waals surface area contributed by atoms with Gasteiger partial charge in [0.2, 0.25) is 10.0 Å². The lowest BCUT2D eigenvalue weighted by atomic mass is 10.1. The predicted molar refractivity (Wildman–Crippen MR) is 91.0 cm³/mol. The molecule has 0 fully saturated rings. The molecule has 0 N–H and O–H groups in total. The molecular formula is C17H18FN3O3S. The Morgan fingerprint density at radius 3 is 2.44 bits per heavy atom. The molecule has 0 aliphatic carbocycles. The molecule has 0 saturated carbocycles. The lowest BCUT2D eigenvalue weighted by molar-refractivity contribution is 0.444. The highest BCUT2D eigenvalue weighted by atomic mass is 32.2. The summed E-state index contributed by atoms with van der Waals surface area (Å²) >= 11 is 0. The van der Waals surface area contributed by atoms with Gasteiger partial charge in [-0.2, -0.15) is 9.57 Å². The van der Waals surface area contributed by atoms with Crippen LogP contribution in [0.5, 0.6) is 0 Å². The number of benzene rings is 1. The summed E-state index contributed by atoms with van der Waals surface area (Å²) in [6, 6.07) is 8.17. The number of hydrogen-bond acceptors (Lipinski definition) is 4. The van der Waals surface area contributed by atoms with E-state index < -0.39 is 21.4 Å². The Morgan fingerprint density at radius 2 is 1.88 bits per heavy atom. The van der Waals surface area contributed by atoms with Crippen LogP contribution < -0.4 is 5.56 Å². The Morgan fingerprint density at radius 1 is 1.20 bits per heavy atom. The van der Waals surface area contributed by atoms with Crippen LogP contribution in [-0.4, -0.2) is 30.4 Å². The highest BCUT2D eigenvalue weighted by Crippen LogP contribution is 2.15. The van der Waals surface area contributed by atoms with Gasteiger partial charge in [0.15, 0.2) is 0 Å². The molecule has 0 amide bonds. The van der Waals surface area contributed by atoms with Crippen LogP contribution >= 0.6 is 0 Å². The summed E-state index contributed by atoms with van der Waals surface area (Å²) in [5.41, 5.74) is -0.0767. The number of nitriles is 1. The second kappa shape index (κ2) is 7.59. The van der Waals surface area contributed by atoms with Crippen molar-refractivity contribution < 1.29 is 12.8 Å². The molecule has 0 bridgehead atoms.